The van der Waals surface area contributed by atoms with Crippen molar-refractivity contribution >= 4 is 11.6 Å². The molecule has 1 saturated heterocycles. The van der Waals surface area contributed by atoms with E-state index < -0.39 is 5.60 Å². The molecule has 0 aromatic heterocycles. The first kappa shape index (κ1) is 23.1. The van der Waals surface area contributed by atoms with Crippen LogP contribution in [0.25, 0.3) is 0 Å². The molecule has 1 amide bonds. The second-order valence-corrected chi connectivity index (χ2v) is 9.13. The molecule has 0 spiro atoms. The van der Waals surface area contributed by atoms with Crippen LogP contribution in [0.15, 0.2) is 24.3 Å². The van der Waals surface area contributed by atoms with Crippen LogP contribution in [0.3, 0.4) is 0 Å². The van der Waals surface area contributed by atoms with E-state index in [1.165, 1.54) is 32.4 Å². The zero-order valence-corrected chi connectivity index (χ0v) is 19.0. The van der Waals surface area contributed by atoms with E-state index in [2.05, 4.69) is 24.1 Å². The van der Waals surface area contributed by atoms with Crippen molar-refractivity contribution < 1.29 is 14.3 Å². The molecule has 5 heteroatoms. The Hall–Kier alpha value is -1.59. The Bertz CT molecular complexity index is 640. The van der Waals surface area contributed by atoms with Gasteiger partial charge in [0.15, 0.2) is 0 Å². The van der Waals surface area contributed by atoms with Gasteiger partial charge in [-0.1, -0.05) is 33.1 Å². The SMILES string of the molecule is CCCOC1(C(=O)Nc2ccc(OCCCN3CCCC(C)C3)cc2)CCCCC1. The molecule has 168 valence electrons. The van der Waals surface area contributed by atoms with Gasteiger partial charge in [0, 0.05) is 25.4 Å². The van der Waals surface area contributed by atoms with Crippen molar-refractivity contribution in [1.29, 1.82) is 0 Å². The molecule has 1 aromatic carbocycles. The second-order valence-electron chi connectivity index (χ2n) is 9.13. The van der Waals surface area contributed by atoms with E-state index in [1.54, 1.807) is 0 Å². The number of carbonyl (C=O) groups is 1. The van der Waals surface area contributed by atoms with Gasteiger partial charge in [0.2, 0.25) is 0 Å². The summed E-state index contributed by atoms with van der Waals surface area (Å²) in [7, 11) is 0. The number of rotatable bonds is 10. The van der Waals surface area contributed by atoms with Gasteiger partial charge in [-0.05, 0) is 75.3 Å². The van der Waals surface area contributed by atoms with Gasteiger partial charge in [0.1, 0.15) is 11.4 Å². The van der Waals surface area contributed by atoms with Crippen LogP contribution in [0.5, 0.6) is 5.75 Å². The number of carbonyl (C=O) groups excluding carboxylic acids is 1. The fourth-order valence-corrected chi connectivity index (χ4v) is 4.70. The fraction of sp³-hybridized carbons (Fsp3) is 0.720. The van der Waals surface area contributed by atoms with Crippen molar-refractivity contribution in [3.8, 4) is 5.75 Å². The Morgan fingerprint density at radius 2 is 1.90 bits per heavy atom. The van der Waals surface area contributed by atoms with Gasteiger partial charge in [0.05, 0.1) is 6.61 Å². The molecule has 30 heavy (non-hydrogen) atoms. The molecule has 1 aliphatic carbocycles. The van der Waals surface area contributed by atoms with E-state index in [4.69, 9.17) is 9.47 Å². The molecular weight excluding hydrogens is 376 g/mol. The first-order chi connectivity index (χ1) is 14.6. The molecule has 1 N–H and O–H groups in total. The van der Waals surface area contributed by atoms with E-state index in [9.17, 15) is 4.79 Å². The molecule has 0 radical (unpaired) electrons. The highest BCUT2D eigenvalue weighted by Gasteiger charge is 2.40. The first-order valence-electron chi connectivity index (χ1n) is 12.0. The van der Waals surface area contributed by atoms with Crippen molar-refractivity contribution in [1.82, 2.24) is 4.90 Å². The maximum atomic E-state index is 13.0. The molecular formula is C25H40N2O3. The van der Waals surface area contributed by atoms with Crippen molar-refractivity contribution in [3.05, 3.63) is 24.3 Å². The zero-order valence-electron chi connectivity index (χ0n) is 19.0. The minimum Gasteiger partial charge on any atom is -0.494 e. The lowest BCUT2D eigenvalue weighted by atomic mass is 9.83. The Labute approximate surface area is 182 Å². The number of likely N-dealkylation sites (tertiary alicyclic amines) is 1. The summed E-state index contributed by atoms with van der Waals surface area (Å²) in [5.41, 5.74) is 0.148. The van der Waals surface area contributed by atoms with E-state index >= 15 is 0 Å². The number of piperidine rings is 1. The summed E-state index contributed by atoms with van der Waals surface area (Å²) in [5.74, 6) is 1.68. The summed E-state index contributed by atoms with van der Waals surface area (Å²) in [5, 5.41) is 3.08. The maximum absolute atomic E-state index is 13.0. The number of anilines is 1. The average Bonchev–Trinajstić information content (AvgIpc) is 2.77. The number of amides is 1. The van der Waals surface area contributed by atoms with Crippen LogP contribution in [0, 0.1) is 5.92 Å². The van der Waals surface area contributed by atoms with Gasteiger partial charge in [0.25, 0.3) is 5.91 Å². The number of hydrogen-bond acceptors (Lipinski definition) is 4. The van der Waals surface area contributed by atoms with Crippen LogP contribution in [0.1, 0.15) is 71.6 Å². The molecule has 0 bridgehead atoms. The molecule has 1 unspecified atom stereocenters. The van der Waals surface area contributed by atoms with Gasteiger partial charge in [-0.15, -0.1) is 0 Å². The summed E-state index contributed by atoms with van der Waals surface area (Å²) >= 11 is 0. The van der Waals surface area contributed by atoms with Crippen LogP contribution in [-0.4, -0.2) is 49.3 Å². The van der Waals surface area contributed by atoms with Crippen LogP contribution in [0.4, 0.5) is 5.69 Å². The van der Waals surface area contributed by atoms with Crippen molar-refractivity contribution in [2.24, 2.45) is 5.92 Å². The monoisotopic (exact) mass is 416 g/mol. The highest BCUT2D eigenvalue weighted by molar-refractivity contribution is 5.97. The molecule has 3 rings (SSSR count). The number of benzene rings is 1. The largest absolute Gasteiger partial charge is 0.494 e. The van der Waals surface area contributed by atoms with E-state index in [1.807, 2.05) is 24.3 Å². The van der Waals surface area contributed by atoms with Gasteiger partial charge < -0.3 is 19.7 Å². The van der Waals surface area contributed by atoms with Gasteiger partial charge >= 0.3 is 0 Å². The standard InChI is InChI=1S/C25H40N2O3/c1-3-18-30-25(14-5-4-6-15-25)24(28)26-22-10-12-23(13-11-22)29-19-8-17-27-16-7-9-21(2)20-27/h10-13,21H,3-9,14-20H2,1-2H3,(H,26,28). The maximum Gasteiger partial charge on any atom is 0.256 e. The molecule has 1 aromatic rings. The number of ether oxygens (including phenoxy) is 2. The molecule has 1 atom stereocenters. The minimum atomic E-state index is -0.657. The van der Waals surface area contributed by atoms with Crippen molar-refractivity contribution in [3.63, 3.8) is 0 Å². The first-order valence-corrected chi connectivity index (χ1v) is 12.0. The van der Waals surface area contributed by atoms with Crippen molar-refractivity contribution in [2.75, 3.05) is 38.2 Å². The Balaban J connectivity index is 1.43. The van der Waals surface area contributed by atoms with Gasteiger partial charge in [-0.25, -0.2) is 0 Å². The Kier molecular flexibility index (Phi) is 9.01. The second kappa shape index (κ2) is 11.7. The van der Waals surface area contributed by atoms with Crippen LogP contribution >= 0.6 is 0 Å². The van der Waals surface area contributed by atoms with E-state index in [0.29, 0.717) is 6.61 Å². The van der Waals surface area contributed by atoms with Crippen molar-refractivity contribution in [2.45, 2.75) is 77.2 Å². The predicted molar refractivity (Wildman–Crippen MR) is 122 cm³/mol. The van der Waals surface area contributed by atoms with E-state index in [0.717, 1.165) is 69.0 Å². The zero-order chi connectivity index (χ0) is 21.2. The topological polar surface area (TPSA) is 50.8 Å². The number of nitrogens with one attached hydrogen (secondary N) is 1. The molecule has 1 aliphatic heterocycles. The minimum absolute atomic E-state index is 0.0000725. The molecule has 5 nitrogen and oxygen atoms in total. The lowest BCUT2D eigenvalue weighted by Crippen LogP contribution is -2.47. The Morgan fingerprint density at radius 1 is 1.13 bits per heavy atom. The third-order valence-corrected chi connectivity index (χ3v) is 6.40. The third kappa shape index (κ3) is 6.71. The lowest BCUT2D eigenvalue weighted by molar-refractivity contribution is -0.146. The van der Waals surface area contributed by atoms with Crippen LogP contribution in [0.2, 0.25) is 0 Å². The Morgan fingerprint density at radius 3 is 2.60 bits per heavy atom. The van der Waals surface area contributed by atoms with E-state index in [-0.39, 0.29) is 5.91 Å². The van der Waals surface area contributed by atoms with Gasteiger partial charge in [-0.3, -0.25) is 4.79 Å². The average molecular weight is 417 g/mol. The molecule has 1 heterocycles. The summed E-state index contributed by atoms with van der Waals surface area (Å²) in [6.45, 7) is 9.34. The molecule has 2 aliphatic rings. The van der Waals surface area contributed by atoms with Crippen LogP contribution < -0.4 is 10.1 Å². The summed E-state index contributed by atoms with van der Waals surface area (Å²) in [6, 6.07) is 7.74. The predicted octanol–water partition coefficient (Wildman–Crippen LogP) is 5.26. The normalized spacial score (nSPS) is 21.9. The number of hydrogen-bond donors (Lipinski definition) is 1. The highest BCUT2D eigenvalue weighted by atomic mass is 16.5. The van der Waals surface area contributed by atoms with Crippen LogP contribution in [-0.2, 0) is 9.53 Å². The fourth-order valence-electron chi connectivity index (χ4n) is 4.70. The molecule has 1 saturated carbocycles. The lowest BCUT2D eigenvalue weighted by Gasteiger charge is -2.35. The number of nitrogens with zero attached hydrogens (tertiary/aromatic N) is 1. The summed E-state index contributed by atoms with van der Waals surface area (Å²) in [4.78, 5) is 15.5. The third-order valence-electron chi connectivity index (χ3n) is 6.40. The molecule has 2 fully saturated rings. The summed E-state index contributed by atoms with van der Waals surface area (Å²) in [6.07, 6.45) is 9.58. The quantitative estimate of drug-likeness (QED) is 0.529. The summed E-state index contributed by atoms with van der Waals surface area (Å²) < 4.78 is 12.0. The highest BCUT2D eigenvalue weighted by Crippen LogP contribution is 2.33. The van der Waals surface area contributed by atoms with Gasteiger partial charge in [-0.2, -0.15) is 0 Å². The smallest absolute Gasteiger partial charge is 0.256 e.